The standard InChI is InChI=1S/C16H17ClN2O2/c1-10(12-5-3-4-6-15(12)21-2)19-16(20)13-8-7-11(18)9-14(13)17/h3-10H,18H2,1-2H3,(H,19,20). The molecule has 0 aliphatic heterocycles. The molecule has 0 fully saturated rings. The maximum Gasteiger partial charge on any atom is 0.253 e. The lowest BCUT2D eigenvalue weighted by atomic mass is 10.1. The molecule has 0 heterocycles. The SMILES string of the molecule is COc1ccccc1C(C)NC(=O)c1ccc(N)cc1Cl. The molecule has 0 bridgehead atoms. The summed E-state index contributed by atoms with van der Waals surface area (Å²) in [6.45, 7) is 1.89. The van der Waals surface area contributed by atoms with E-state index in [1.54, 1.807) is 25.3 Å². The normalized spacial score (nSPS) is 11.8. The second-order valence-corrected chi connectivity index (χ2v) is 5.08. The zero-order valence-electron chi connectivity index (χ0n) is 11.9. The molecule has 0 saturated carbocycles. The van der Waals surface area contributed by atoms with E-state index in [1.807, 2.05) is 31.2 Å². The van der Waals surface area contributed by atoms with Crippen LogP contribution in [-0.4, -0.2) is 13.0 Å². The number of nitrogens with one attached hydrogen (secondary N) is 1. The van der Waals surface area contributed by atoms with Gasteiger partial charge in [-0.15, -0.1) is 0 Å². The van der Waals surface area contributed by atoms with Crippen molar-refractivity contribution in [1.82, 2.24) is 5.32 Å². The fourth-order valence-corrected chi connectivity index (χ4v) is 2.37. The molecular formula is C16H17ClN2O2. The first-order valence-corrected chi connectivity index (χ1v) is 6.89. The summed E-state index contributed by atoms with van der Waals surface area (Å²) in [5, 5.41) is 3.24. The van der Waals surface area contributed by atoms with Crippen LogP contribution in [0.4, 0.5) is 5.69 Å². The molecule has 2 rings (SSSR count). The third-order valence-corrected chi connectivity index (χ3v) is 3.50. The van der Waals surface area contributed by atoms with Crippen LogP contribution in [0.5, 0.6) is 5.75 Å². The third kappa shape index (κ3) is 3.47. The van der Waals surface area contributed by atoms with Crippen LogP contribution < -0.4 is 15.8 Å². The smallest absolute Gasteiger partial charge is 0.253 e. The zero-order chi connectivity index (χ0) is 15.4. The van der Waals surface area contributed by atoms with Crippen LogP contribution in [-0.2, 0) is 0 Å². The Balaban J connectivity index is 2.19. The number of carbonyl (C=O) groups excluding carboxylic acids is 1. The van der Waals surface area contributed by atoms with Crippen molar-refractivity contribution in [3.8, 4) is 5.75 Å². The molecule has 2 aromatic carbocycles. The number of nitrogen functional groups attached to an aromatic ring is 1. The Morgan fingerprint density at radius 1 is 1.29 bits per heavy atom. The topological polar surface area (TPSA) is 64.3 Å². The highest BCUT2D eigenvalue weighted by Crippen LogP contribution is 2.25. The Bertz CT molecular complexity index is 658. The van der Waals surface area contributed by atoms with E-state index in [9.17, 15) is 4.79 Å². The zero-order valence-corrected chi connectivity index (χ0v) is 12.6. The maximum atomic E-state index is 12.3. The molecule has 21 heavy (non-hydrogen) atoms. The highest BCUT2D eigenvalue weighted by Gasteiger charge is 2.16. The van der Waals surface area contributed by atoms with E-state index in [4.69, 9.17) is 22.1 Å². The molecule has 110 valence electrons. The van der Waals surface area contributed by atoms with E-state index < -0.39 is 0 Å². The predicted octanol–water partition coefficient (Wildman–Crippen LogP) is 3.42. The molecular weight excluding hydrogens is 288 g/mol. The van der Waals surface area contributed by atoms with Gasteiger partial charge in [-0.25, -0.2) is 0 Å². The number of hydrogen-bond acceptors (Lipinski definition) is 3. The van der Waals surface area contributed by atoms with Crippen LogP contribution in [0.1, 0.15) is 28.9 Å². The monoisotopic (exact) mass is 304 g/mol. The summed E-state index contributed by atoms with van der Waals surface area (Å²) in [5.41, 5.74) is 7.45. The van der Waals surface area contributed by atoms with Crippen molar-refractivity contribution in [2.75, 3.05) is 12.8 Å². The first kappa shape index (κ1) is 15.2. The number of rotatable bonds is 4. The number of benzene rings is 2. The number of carbonyl (C=O) groups is 1. The molecule has 0 saturated heterocycles. The number of amides is 1. The van der Waals surface area contributed by atoms with Gasteiger partial charge in [0.2, 0.25) is 0 Å². The summed E-state index contributed by atoms with van der Waals surface area (Å²) < 4.78 is 5.30. The molecule has 0 spiro atoms. The number of nitrogens with two attached hydrogens (primary N) is 1. The minimum absolute atomic E-state index is 0.206. The Labute approximate surface area is 128 Å². The van der Waals surface area contributed by atoms with Gasteiger partial charge in [0.1, 0.15) is 5.75 Å². The molecule has 2 aromatic rings. The van der Waals surface area contributed by atoms with Gasteiger partial charge >= 0.3 is 0 Å². The van der Waals surface area contributed by atoms with Crippen LogP contribution in [0.2, 0.25) is 5.02 Å². The summed E-state index contributed by atoms with van der Waals surface area (Å²) in [5.74, 6) is 0.479. The van der Waals surface area contributed by atoms with Gasteiger partial charge in [-0.1, -0.05) is 29.8 Å². The largest absolute Gasteiger partial charge is 0.496 e. The molecule has 0 radical (unpaired) electrons. The van der Waals surface area contributed by atoms with Crippen molar-refractivity contribution in [1.29, 1.82) is 0 Å². The average Bonchev–Trinajstić information content (AvgIpc) is 2.46. The Kier molecular flexibility index (Phi) is 4.70. The number of ether oxygens (including phenoxy) is 1. The van der Waals surface area contributed by atoms with Crippen molar-refractivity contribution < 1.29 is 9.53 Å². The van der Waals surface area contributed by atoms with E-state index in [-0.39, 0.29) is 11.9 Å². The Morgan fingerprint density at radius 3 is 2.67 bits per heavy atom. The minimum atomic E-state index is -0.251. The predicted molar refractivity (Wildman–Crippen MR) is 84.7 cm³/mol. The van der Waals surface area contributed by atoms with Gasteiger partial charge in [0.15, 0.2) is 0 Å². The van der Waals surface area contributed by atoms with Gasteiger partial charge in [0, 0.05) is 11.3 Å². The molecule has 0 aliphatic carbocycles. The number of methoxy groups -OCH3 is 1. The highest BCUT2D eigenvalue weighted by molar-refractivity contribution is 6.34. The van der Waals surface area contributed by atoms with Gasteiger partial charge in [-0.3, -0.25) is 4.79 Å². The fourth-order valence-electron chi connectivity index (χ4n) is 2.09. The van der Waals surface area contributed by atoms with E-state index in [1.165, 1.54) is 0 Å². The molecule has 5 heteroatoms. The second kappa shape index (κ2) is 6.50. The van der Waals surface area contributed by atoms with Crippen LogP contribution in [0, 0.1) is 0 Å². The Morgan fingerprint density at radius 2 is 2.00 bits per heavy atom. The van der Waals surface area contributed by atoms with Crippen molar-refractivity contribution >= 4 is 23.2 Å². The van der Waals surface area contributed by atoms with Gasteiger partial charge in [0.05, 0.1) is 23.7 Å². The van der Waals surface area contributed by atoms with Crippen molar-refractivity contribution in [2.24, 2.45) is 0 Å². The summed E-state index contributed by atoms with van der Waals surface area (Å²) in [6, 6.07) is 12.2. The van der Waals surface area contributed by atoms with Crippen LogP contribution in [0.3, 0.4) is 0 Å². The fraction of sp³-hybridized carbons (Fsp3) is 0.188. The van der Waals surface area contributed by atoms with Crippen molar-refractivity contribution in [3.05, 3.63) is 58.6 Å². The minimum Gasteiger partial charge on any atom is -0.496 e. The van der Waals surface area contributed by atoms with E-state index >= 15 is 0 Å². The lowest BCUT2D eigenvalue weighted by Crippen LogP contribution is -2.27. The van der Waals surface area contributed by atoms with Crippen LogP contribution in [0.25, 0.3) is 0 Å². The lowest BCUT2D eigenvalue weighted by Gasteiger charge is -2.17. The molecule has 4 nitrogen and oxygen atoms in total. The van der Waals surface area contributed by atoms with Gasteiger partial charge < -0.3 is 15.8 Å². The average molecular weight is 305 g/mol. The summed E-state index contributed by atoms with van der Waals surface area (Å²) >= 11 is 6.05. The first-order valence-electron chi connectivity index (χ1n) is 6.51. The van der Waals surface area contributed by atoms with Crippen LogP contribution >= 0.6 is 11.6 Å². The van der Waals surface area contributed by atoms with E-state index in [0.29, 0.717) is 16.3 Å². The first-order chi connectivity index (χ1) is 10.0. The van der Waals surface area contributed by atoms with Crippen LogP contribution in [0.15, 0.2) is 42.5 Å². The molecule has 3 N–H and O–H groups in total. The maximum absolute atomic E-state index is 12.3. The quantitative estimate of drug-likeness (QED) is 0.851. The Hall–Kier alpha value is -2.20. The lowest BCUT2D eigenvalue weighted by molar-refractivity contribution is 0.0939. The van der Waals surface area contributed by atoms with E-state index in [2.05, 4.69) is 5.32 Å². The van der Waals surface area contributed by atoms with Gasteiger partial charge in [-0.2, -0.15) is 0 Å². The summed E-state index contributed by atoms with van der Waals surface area (Å²) in [6.07, 6.45) is 0. The van der Waals surface area contributed by atoms with Crippen molar-refractivity contribution in [2.45, 2.75) is 13.0 Å². The third-order valence-electron chi connectivity index (χ3n) is 3.19. The van der Waals surface area contributed by atoms with Gasteiger partial charge in [-0.05, 0) is 31.2 Å². The number of hydrogen-bond donors (Lipinski definition) is 2. The van der Waals surface area contributed by atoms with Gasteiger partial charge in [0.25, 0.3) is 5.91 Å². The highest BCUT2D eigenvalue weighted by atomic mass is 35.5. The van der Waals surface area contributed by atoms with Crippen molar-refractivity contribution in [3.63, 3.8) is 0 Å². The molecule has 1 atom stereocenters. The molecule has 0 aliphatic rings. The summed E-state index contributed by atoms with van der Waals surface area (Å²) in [4.78, 5) is 12.3. The molecule has 0 aromatic heterocycles. The number of para-hydroxylation sites is 1. The number of anilines is 1. The van der Waals surface area contributed by atoms with E-state index in [0.717, 1.165) is 11.3 Å². The second-order valence-electron chi connectivity index (χ2n) is 4.68. The molecule has 1 unspecified atom stereocenters. The number of halogens is 1. The summed E-state index contributed by atoms with van der Waals surface area (Å²) in [7, 11) is 1.60. The molecule has 1 amide bonds.